The van der Waals surface area contributed by atoms with Crippen LogP contribution in [-0.4, -0.2) is 28.9 Å². The molecule has 2 bridgehead atoms. The lowest BCUT2D eigenvalue weighted by molar-refractivity contribution is -0.171. The molecule has 106 valence electrons. The van der Waals surface area contributed by atoms with Gasteiger partial charge >= 0.3 is 5.97 Å². The molecule has 20 heavy (non-hydrogen) atoms. The van der Waals surface area contributed by atoms with Crippen LogP contribution in [0.1, 0.15) is 31.7 Å². The predicted molar refractivity (Wildman–Crippen MR) is 73.7 cm³/mol. The van der Waals surface area contributed by atoms with Crippen molar-refractivity contribution in [3.63, 3.8) is 0 Å². The Morgan fingerprint density at radius 1 is 1.30 bits per heavy atom. The van der Waals surface area contributed by atoms with E-state index in [1.165, 1.54) is 6.92 Å². The van der Waals surface area contributed by atoms with Gasteiger partial charge < -0.3 is 9.64 Å². The highest BCUT2D eigenvalue weighted by atomic mass is 16.5. The maximum Gasteiger partial charge on any atom is 0.302 e. The minimum Gasteiger partial charge on any atom is -0.460 e. The van der Waals surface area contributed by atoms with Crippen LogP contribution in [-0.2, 0) is 20.9 Å². The molecule has 1 aromatic carbocycles. The molecule has 2 heterocycles. The first kappa shape index (κ1) is 13.2. The molecule has 4 rings (SSSR count). The Bertz CT molecular complexity index is 514. The minimum atomic E-state index is -0.255. The average molecular weight is 273 g/mol. The summed E-state index contributed by atoms with van der Waals surface area (Å²) in [6.07, 6.45) is 2.41. The van der Waals surface area contributed by atoms with E-state index in [-0.39, 0.29) is 29.9 Å². The van der Waals surface area contributed by atoms with E-state index in [2.05, 4.69) is 0 Å². The third-order valence-corrected chi connectivity index (χ3v) is 4.30. The lowest BCUT2D eigenvalue weighted by Gasteiger charge is -2.48. The molecule has 2 saturated heterocycles. The van der Waals surface area contributed by atoms with Gasteiger partial charge in [-0.2, -0.15) is 0 Å². The van der Waals surface area contributed by atoms with Crippen molar-refractivity contribution in [2.75, 3.05) is 0 Å². The fourth-order valence-corrected chi connectivity index (χ4v) is 3.41. The molecule has 3 fully saturated rings. The van der Waals surface area contributed by atoms with Gasteiger partial charge in [0.2, 0.25) is 5.91 Å². The summed E-state index contributed by atoms with van der Waals surface area (Å²) in [5, 5.41) is 0. The van der Waals surface area contributed by atoms with E-state index >= 15 is 0 Å². The molecule has 1 aliphatic carbocycles. The SMILES string of the molecule is CC(=O)O[C@@H]1C[C@@H]2CC[C@@H]1N(Cc1ccccc1)C2=O. The lowest BCUT2D eigenvalue weighted by atomic mass is 9.77. The fourth-order valence-electron chi connectivity index (χ4n) is 3.41. The number of ether oxygens (including phenoxy) is 1. The van der Waals surface area contributed by atoms with E-state index in [0.717, 1.165) is 18.4 Å². The first-order valence-corrected chi connectivity index (χ1v) is 7.17. The van der Waals surface area contributed by atoms with Crippen LogP contribution in [0.3, 0.4) is 0 Å². The maximum atomic E-state index is 12.4. The quantitative estimate of drug-likeness (QED) is 0.793. The van der Waals surface area contributed by atoms with E-state index < -0.39 is 0 Å². The molecule has 0 aromatic heterocycles. The van der Waals surface area contributed by atoms with Crippen molar-refractivity contribution in [3.8, 4) is 0 Å². The summed E-state index contributed by atoms with van der Waals surface area (Å²) in [5.41, 5.74) is 1.12. The molecule has 1 aromatic rings. The molecule has 2 aliphatic heterocycles. The topological polar surface area (TPSA) is 46.6 Å². The van der Waals surface area contributed by atoms with Gasteiger partial charge in [-0.15, -0.1) is 0 Å². The Morgan fingerprint density at radius 3 is 2.75 bits per heavy atom. The van der Waals surface area contributed by atoms with Crippen molar-refractivity contribution in [1.29, 1.82) is 0 Å². The van der Waals surface area contributed by atoms with Crippen molar-refractivity contribution in [2.45, 2.75) is 44.9 Å². The third kappa shape index (κ3) is 2.42. The van der Waals surface area contributed by atoms with Gasteiger partial charge in [0.1, 0.15) is 6.10 Å². The second-order valence-electron chi connectivity index (χ2n) is 5.68. The number of hydrogen-bond acceptors (Lipinski definition) is 3. The number of carbonyl (C=O) groups excluding carboxylic acids is 2. The zero-order valence-electron chi connectivity index (χ0n) is 11.6. The number of benzene rings is 1. The Hall–Kier alpha value is -1.84. The highest BCUT2D eigenvalue weighted by molar-refractivity contribution is 5.81. The van der Waals surface area contributed by atoms with Gasteiger partial charge in [-0.05, 0) is 24.8 Å². The van der Waals surface area contributed by atoms with Crippen LogP contribution < -0.4 is 0 Å². The number of nitrogens with zero attached hydrogens (tertiary/aromatic N) is 1. The molecule has 0 radical (unpaired) electrons. The van der Waals surface area contributed by atoms with Gasteiger partial charge in [0.05, 0.1) is 6.04 Å². The normalized spacial score (nSPS) is 28.6. The number of rotatable bonds is 3. The first-order valence-electron chi connectivity index (χ1n) is 7.17. The molecule has 0 N–H and O–H groups in total. The van der Waals surface area contributed by atoms with Gasteiger partial charge in [-0.1, -0.05) is 30.3 Å². The lowest BCUT2D eigenvalue weighted by Crippen LogP contribution is -2.59. The second-order valence-corrected chi connectivity index (χ2v) is 5.68. The standard InChI is InChI=1S/C16H19NO3/c1-11(18)20-15-9-13-7-8-14(15)17(16(13)19)10-12-5-3-2-4-6-12/h2-6,13-15H,7-10H2,1H3/t13-,14-,15+/m0/s1. The number of hydrogen-bond donors (Lipinski definition) is 0. The van der Waals surface area contributed by atoms with Gasteiger partial charge in [0, 0.05) is 19.4 Å². The minimum absolute atomic E-state index is 0.0214. The number of piperidine rings is 2. The molecule has 3 aliphatic rings. The molecule has 4 heteroatoms. The fraction of sp³-hybridized carbons (Fsp3) is 0.500. The highest BCUT2D eigenvalue weighted by Crippen LogP contribution is 2.38. The Morgan fingerprint density at radius 2 is 2.05 bits per heavy atom. The number of esters is 1. The summed E-state index contributed by atoms with van der Waals surface area (Å²) in [4.78, 5) is 25.5. The van der Waals surface area contributed by atoms with Crippen LogP contribution in [0.15, 0.2) is 30.3 Å². The van der Waals surface area contributed by atoms with Crippen molar-refractivity contribution in [2.24, 2.45) is 5.92 Å². The van der Waals surface area contributed by atoms with Crippen LogP contribution in [0.2, 0.25) is 0 Å². The molecular weight excluding hydrogens is 254 g/mol. The molecular formula is C16H19NO3. The summed E-state index contributed by atoms with van der Waals surface area (Å²) < 4.78 is 5.41. The maximum absolute atomic E-state index is 12.4. The van der Waals surface area contributed by atoms with E-state index in [9.17, 15) is 9.59 Å². The summed E-state index contributed by atoms with van der Waals surface area (Å²) in [6.45, 7) is 2.05. The zero-order valence-corrected chi connectivity index (χ0v) is 11.6. The molecule has 1 saturated carbocycles. The van der Waals surface area contributed by atoms with E-state index in [1.54, 1.807) is 0 Å². The molecule has 0 spiro atoms. The number of carbonyl (C=O) groups is 2. The largest absolute Gasteiger partial charge is 0.460 e. The Balaban J connectivity index is 1.78. The smallest absolute Gasteiger partial charge is 0.302 e. The third-order valence-electron chi connectivity index (χ3n) is 4.30. The highest BCUT2D eigenvalue weighted by Gasteiger charge is 2.47. The number of fused-ring (bicyclic) bond motifs is 3. The zero-order chi connectivity index (χ0) is 14.1. The van der Waals surface area contributed by atoms with Gasteiger partial charge in [-0.25, -0.2) is 0 Å². The summed E-state index contributed by atoms with van der Waals surface area (Å²) in [6, 6.07) is 10.0. The van der Waals surface area contributed by atoms with E-state index in [0.29, 0.717) is 13.0 Å². The van der Waals surface area contributed by atoms with E-state index in [4.69, 9.17) is 4.74 Å². The van der Waals surface area contributed by atoms with Crippen molar-refractivity contribution < 1.29 is 14.3 Å². The summed E-state index contributed by atoms with van der Waals surface area (Å²) in [7, 11) is 0. The average Bonchev–Trinajstić information content (AvgIpc) is 2.44. The van der Waals surface area contributed by atoms with Crippen molar-refractivity contribution in [3.05, 3.63) is 35.9 Å². The van der Waals surface area contributed by atoms with Crippen LogP contribution in [0.4, 0.5) is 0 Å². The Kier molecular flexibility index (Phi) is 3.47. The van der Waals surface area contributed by atoms with Crippen LogP contribution in [0.25, 0.3) is 0 Å². The predicted octanol–water partition coefficient (Wildman–Crippen LogP) is 2.13. The summed E-state index contributed by atoms with van der Waals surface area (Å²) >= 11 is 0. The molecule has 0 unspecified atom stereocenters. The van der Waals surface area contributed by atoms with Crippen molar-refractivity contribution in [1.82, 2.24) is 4.90 Å². The Labute approximate surface area is 118 Å². The van der Waals surface area contributed by atoms with Crippen molar-refractivity contribution >= 4 is 11.9 Å². The van der Waals surface area contributed by atoms with Crippen LogP contribution >= 0.6 is 0 Å². The molecule has 3 atom stereocenters. The van der Waals surface area contributed by atoms with Crippen LogP contribution in [0, 0.1) is 5.92 Å². The second kappa shape index (κ2) is 5.27. The van der Waals surface area contributed by atoms with E-state index in [1.807, 2.05) is 35.2 Å². The number of amides is 1. The van der Waals surface area contributed by atoms with Gasteiger partial charge in [0.25, 0.3) is 0 Å². The monoisotopic (exact) mass is 273 g/mol. The van der Waals surface area contributed by atoms with Gasteiger partial charge in [0.15, 0.2) is 0 Å². The summed E-state index contributed by atoms with van der Waals surface area (Å²) in [5.74, 6) is -0.0174. The first-order chi connectivity index (χ1) is 9.65. The van der Waals surface area contributed by atoms with Gasteiger partial charge in [-0.3, -0.25) is 9.59 Å². The van der Waals surface area contributed by atoms with Crippen LogP contribution in [0.5, 0.6) is 0 Å². The molecule has 1 amide bonds. The molecule has 4 nitrogen and oxygen atoms in total.